The number of sulfonamides is 1. The van der Waals surface area contributed by atoms with Crippen molar-refractivity contribution < 1.29 is 13.2 Å². The molecule has 0 fully saturated rings. The molecule has 1 N–H and O–H groups in total. The number of halogens is 1. The van der Waals surface area contributed by atoms with Gasteiger partial charge in [0.25, 0.3) is 0 Å². The van der Waals surface area contributed by atoms with E-state index in [4.69, 9.17) is 0 Å². The maximum Gasteiger partial charge on any atom is 0.240 e. The van der Waals surface area contributed by atoms with Crippen LogP contribution in [0.4, 0.5) is 5.69 Å². The van der Waals surface area contributed by atoms with E-state index in [-0.39, 0.29) is 22.9 Å². The van der Waals surface area contributed by atoms with E-state index >= 15 is 0 Å². The maximum absolute atomic E-state index is 12.8. The van der Waals surface area contributed by atoms with Gasteiger partial charge in [0.1, 0.15) is 0 Å². The number of carbonyl (C=O) groups excluding carboxylic acids is 1. The molecule has 7 heteroatoms. The summed E-state index contributed by atoms with van der Waals surface area (Å²) in [6, 6.07) is 12.7. The van der Waals surface area contributed by atoms with Gasteiger partial charge in [-0.3, -0.25) is 4.79 Å². The predicted molar refractivity (Wildman–Crippen MR) is 115 cm³/mol. The topological polar surface area (TPSA) is 66.5 Å². The largest absolute Gasteiger partial charge is 0.309 e. The highest BCUT2D eigenvalue weighted by molar-refractivity contribution is 9.10. The molecule has 1 heterocycles. The highest BCUT2D eigenvalue weighted by Crippen LogP contribution is 2.34. The van der Waals surface area contributed by atoms with Crippen LogP contribution in [-0.2, 0) is 27.7 Å². The quantitative estimate of drug-likeness (QED) is 0.700. The van der Waals surface area contributed by atoms with Crippen molar-refractivity contribution >= 4 is 37.5 Å². The summed E-state index contributed by atoms with van der Waals surface area (Å²) in [6.45, 7) is 5.63. The third kappa shape index (κ3) is 4.64. The van der Waals surface area contributed by atoms with Crippen molar-refractivity contribution in [2.24, 2.45) is 0 Å². The van der Waals surface area contributed by atoms with Crippen LogP contribution in [0, 0.1) is 0 Å². The van der Waals surface area contributed by atoms with E-state index in [9.17, 15) is 13.2 Å². The summed E-state index contributed by atoms with van der Waals surface area (Å²) in [5.74, 6) is 0.0896. The molecule has 1 amide bonds. The second kappa shape index (κ2) is 8.35. The van der Waals surface area contributed by atoms with Crippen molar-refractivity contribution in [3.63, 3.8) is 0 Å². The molecule has 0 unspecified atom stereocenters. The number of nitrogens with one attached hydrogen (secondary N) is 1. The minimum absolute atomic E-state index is 0.0896. The molecule has 0 bridgehead atoms. The molecule has 150 valence electrons. The van der Waals surface area contributed by atoms with Crippen molar-refractivity contribution in [1.82, 2.24) is 4.72 Å². The van der Waals surface area contributed by atoms with Crippen LogP contribution in [0.25, 0.3) is 0 Å². The molecule has 28 heavy (non-hydrogen) atoms. The SMILES string of the molecule is CC(C)NS(=O)(=O)c1ccc(CCC(=O)N2c3ccc(Br)cc3C[C@@H]2C)cc1. The number of hydrogen-bond acceptors (Lipinski definition) is 3. The number of carbonyl (C=O) groups is 1. The molecule has 0 saturated heterocycles. The van der Waals surface area contributed by atoms with Crippen molar-refractivity contribution in [2.45, 2.75) is 57.0 Å². The number of nitrogens with zero attached hydrogens (tertiary/aromatic N) is 1. The number of amides is 1. The zero-order valence-corrected chi connectivity index (χ0v) is 18.7. The van der Waals surface area contributed by atoms with Crippen LogP contribution < -0.4 is 9.62 Å². The van der Waals surface area contributed by atoms with Crippen LogP contribution in [0.15, 0.2) is 51.8 Å². The van der Waals surface area contributed by atoms with E-state index in [1.807, 2.05) is 17.0 Å². The minimum Gasteiger partial charge on any atom is -0.309 e. The van der Waals surface area contributed by atoms with Crippen LogP contribution in [0.1, 0.15) is 38.3 Å². The normalized spacial score (nSPS) is 16.5. The van der Waals surface area contributed by atoms with Gasteiger partial charge >= 0.3 is 0 Å². The van der Waals surface area contributed by atoms with E-state index < -0.39 is 10.0 Å². The number of aryl methyl sites for hydroxylation is 1. The van der Waals surface area contributed by atoms with Crippen LogP contribution in [0.5, 0.6) is 0 Å². The predicted octanol–water partition coefficient (Wildman–Crippen LogP) is 4.05. The molecular weight excluding hydrogens is 440 g/mol. The monoisotopic (exact) mass is 464 g/mol. The summed E-state index contributed by atoms with van der Waals surface area (Å²) >= 11 is 3.49. The fourth-order valence-corrected chi connectivity index (χ4v) is 5.22. The number of rotatable bonds is 6. The van der Waals surface area contributed by atoms with Gasteiger partial charge in [0, 0.05) is 28.7 Å². The molecule has 1 aliphatic heterocycles. The standard InChI is InChI=1S/C21H25BrN2O3S/c1-14(2)23-28(26,27)19-8-4-16(5-9-19)6-11-21(25)24-15(3)12-17-13-18(22)7-10-20(17)24/h4-5,7-10,13-15,23H,6,11-12H2,1-3H3/t15-/m0/s1. The molecular formula is C21H25BrN2O3S. The van der Waals surface area contributed by atoms with Crippen LogP contribution in [0.2, 0.25) is 0 Å². The number of fused-ring (bicyclic) bond motifs is 1. The summed E-state index contributed by atoms with van der Waals surface area (Å²) in [6.07, 6.45) is 1.82. The lowest BCUT2D eigenvalue weighted by molar-refractivity contribution is -0.118. The van der Waals surface area contributed by atoms with E-state index in [0.29, 0.717) is 12.8 Å². The third-order valence-corrected chi connectivity index (χ3v) is 6.95. The Morgan fingerprint density at radius 3 is 2.54 bits per heavy atom. The lowest BCUT2D eigenvalue weighted by Crippen LogP contribution is -2.35. The Bertz CT molecular complexity index is 972. The van der Waals surface area contributed by atoms with Gasteiger partial charge in [0.05, 0.1) is 4.90 Å². The summed E-state index contributed by atoms with van der Waals surface area (Å²) in [7, 11) is -3.49. The first kappa shape index (κ1) is 21.0. The first-order valence-electron chi connectivity index (χ1n) is 9.39. The Morgan fingerprint density at radius 2 is 1.89 bits per heavy atom. The highest BCUT2D eigenvalue weighted by atomic mass is 79.9. The number of hydrogen-bond donors (Lipinski definition) is 1. The van der Waals surface area contributed by atoms with Crippen molar-refractivity contribution in [3.05, 3.63) is 58.1 Å². The smallest absolute Gasteiger partial charge is 0.240 e. The van der Waals surface area contributed by atoms with Gasteiger partial charge in [-0.25, -0.2) is 13.1 Å². The molecule has 3 rings (SSSR count). The number of benzene rings is 2. The second-order valence-electron chi connectivity index (χ2n) is 7.51. The summed E-state index contributed by atoms with van der Waals surface area (Å²) < 4.78 is 28.0. The third-order valence-electron chi connectivity index (χ3n) is 4.78. The Kier molecular flexibility index (Phi) is 6.27. The van der Waals surface area contributed by atoms with E-state index in [1.165, 1.54) is 5.56 Å². The summed E-state index contributed by atoms with van der Waals surface area (Å²) in [5.41, 5.74) is 3.11. The summed E-state index contributed by atoms with van der Waals surface area (Å²) in [4.78, 5) is 15.0. The van der Waals surface area contributed by atoms with Gasteiger partial charge in [0.2, 0.25) is 15.9 Å². The fraction of sp³-hybridized carbons (Fsp3) is 0.381. The van der Waals surface area contributed by atoms with Gasteiger partial charge in [0.15, 0.2) is 0 Å². The Balaban J connectivity index is 1.66. The summed E-state index contributed by atoms with van der Waals surface area (Å²) in [5, 5.41) is 0. The molecule has 0 aromatic heterocycles. The van der Waals surface area contributed by atoms with Crippen LogP contribution in [-0.4, -0.2) is 26.4 Å². The highest BCUT2D eigenvalue weighted by Gasteiger charge is 2.30. The molecule has 0 aliphatic carbocycles. The molecule has 0 saturated carbocycles. The molecule has 0 radical (unpaired) electrons. The van der Waals surface area contributed by atoms with Crippen LogP contribution >= 0.6 is 15.9 Å². The Hall–Kier alpha value is -1.70. The van der Waals surface area contributed by atoms with E-state index in [2.05, 4.69) is 33.6 Å². The fourth-order valence-electron chi connectivity index (χ4n) is 3.57. The van der Waals surface area contributed by atoms with Gasteiger partial charge in [-0.1, -0.05) is 28.1 Å². The zero-order valence-electron chi connectivity index (χ0n) is 16.3. The van der Waals surface area contributed by atoms with E-state index in [0.717, 1.165) is 22.1 Å². The molecule has 0 spiro atoms. The average Bonchev–Trinajstić information content (AvgIpc) is 2.93. The van der Waals surface area contributed by atoms with E-state index in [1.54, 1.807) is 38.1 Å². The average molecular weight is 465 g/mol. The van der Waals surface area contributed by atoms with Crippen molar-refractivity contribution in [1.29, 1.82) is 0 Å². The van der Waals surface area contributed by atoms with Crippen molar-refractivity contribution in [3.8, 4) is 0 Å². The molecule has 5 nitrogen and oxygen atoms in total. The zero-order chi connectivity index (χ0) is 20.5. The second-order valence-corrected chi connectivity index (χ2v) is 10.1. The lowest BCUT2D eigenvalue weighted by Gasteiger charge is -2.23. The van der Waals surface area contributed by atoms with Gasteiger partial charge in [-0.15, -0.1) is 0 Å². The van der Waals surface area contributed by atoms with Gasteiger partial charge < -0.3 is 4.90 Å². The Labute approximate surface area is 175 Å². The molecule has 1 aliphatic rings. The first-order chi connectivity index (χ1) is 13.2. The molecule has 2 aromatic carbocycles. The maximum atomic E-state index is 12.8. The van der Waals surface area contributed by atoms with Crippen molar-refractivity contribution in [2.75, 3.05) is 4.90 Å². The van der Waals surface area contributed by atoms with Crippen LogP contribution in [0.3, 0.4) is 0 Å². The number of anilines is 1. The molecule has 1 atom stereocenters. The Morgan fingerprint density at radius 1 is 1.21 bits per heavy atom. The lowest BCUT2D eigenvalue weighted by atomic mass is 10.1. The van der Waals surface area contributed by atoms with Gasteiger partial charge in [-0.05, 0) is 75.1 Å². The first-order valence-corrected chi connectivity index (χ1v) is 11.7. The van der Waals surface area contributed by atoms with Gasteiger partial charge in [-0.2, -0.15) is 0 Å². The molecule has 2 aromatic rings. The minimum atomic E-state index is -3.49.